The first-order valence-corrected chi connectivity index (χ1v) is 11.6. The van der Waals surface area contributed by atoms with Crippen molar-refractivity contribution >= 4 is 34.5 Å². The van der Waals surface area contributed by atoms with Crippen LogP contribution in [-0.4, -0.2) is 23.3 Å². The first-order valence-electron chi connectivity index (χ1n) is 10.7. The number of aryl methyl sites for hydroxylation is 3. The van der Waals surface area contributed by atoms with Crippen molar-refractivity contribution in [2.24, 2.45) is 5.92 Å². The summed E-state index contributed by atoms with van der Waals surface area (Å²) in [4.78, 5) is 32.0. The fraction of sp³-hybridized carbons (Fsp3) is 0.320. The maximum atomic E-state index is 12.9. The van der Waals surface area contributed by atoms with Crippen molar-refractivity contribution in [3.05, 3.63) is 64.0 Å². The third kappa shape index (κ3) is 4.39. The smallest absolute Gasteiger partial charge is 0.229 e. The number of carbonyl (C=O) groups is 2. The van der Waals surface area contributed by atoms with Gasteiger partial charge in [-0.15, -0.1) is 11.3 Å². The van der Waals surface area contributed by atoms with Gasteiger partial charge in [-0.3, -0.25) is 9.59 Å². The van der Waals surface area contributed by atoms with Crippen LogP contribution in [0.1, 0.15) is 36.4 Å². The van der Waals surface area contributed by atoms with Crippen LogP contribution in [0.4, 0.5) is 11.4 Å². The van der Waals surface area contributed by atoms with Gasteiger partial charge in [-0.25, -0.2) is 4.98 Å². The number of nitrogens with one attached hydrogen (secondary N) is 1. The maximum Gasteiger partial charge on any atom is 0.229 e. The molecule has 0 bridgehead atoms. The molecule has 4 rings (SSSR count). The van der Waals surface area contributed by atoms with Gasteiger partial charge in [0, 0.05) is 35.3 Å². The molecule has 160 valence electrons. The summed E-state index contributed by atoms with van der Waals surface area (Å²) in [5.74, 6) is -0.451. The Morgan fingerprint density at radius 1 is 1.13 bits per heavy atom. The Morgan fingerprint density at radius 3 is 2.39 bits per heavy atom. The largest absolute Gasteiger partial charge is 0.326 e. The highest BCUT2D eigenvalue weighted by Gasteiger charge is 2.36. The van der Waals surface area contributed by atoms with Gasteiger partial charge in [0.15, 0.2) is 0 Å². The number of nitrogens with zero attached hydrogens (tertiary/aromatic N) is 2. The normalized spacial score (nSPS) is 16.0. The zero-order chi connectivity index (χ0) is 22.0. The van der Waals surface area contributed by atoms with Crippen LogP contribution in [0.2, 0.25) is 0 Å². The number of amides is 2. The molecule has 0 spiro atoms. The second-order valence-corrected chi connectivity index (χ2v) is 8.92. The predicted molar refractivity (Wildman–Crippen MR) is 127 cm³/mol. The van der Waals surface area contributed by atoms with Gasteiger partial charge >= 0.3 is 0 Å². The molecule has 5 nitrogen and oxygen atoms in total. The summed E-state index contributed by atoms with van der Waals surface area (Å²) in [7, 11) is 0. The molecule has 2 aromatic carbocycles. The van der Waals surface area contributed by atoms with E-state index in [2.05, 4.69) is 36.3 Å². The third-order valence-electron chi connectivity index (χ3n) is 5.80. The summed E-state index contributed by atoms with van der Waals surface area (Å²) in [6.45, 7) is 6.60. The van der Waals surface area contributed by atoms with Crippen molar-refractivity contribution < 1.29 is 9.59 Å². The van der Waals surface area contributed by atoms with Gasteiger partial charge < -0.3 is 10.2 Å². The maximum absolute atomic E-state index is 12.9. The number of anilines is 2. The Bertz CT molecular complexity index is 1080. The molecule has 1 unspecified atom stereocenters. The molecule has 0 saturated carbocycles. The highest BCUT2D eigenvalue weighted by Crippen LogP contribution is 2.33. The van der Waals surface area contributed by atoms with Crippen LogP contribution < -0.4 is 10.2 Å². The summed E-state index contributed by atoms with van der Waals surface area (Å²) in [5.41, 5.74) is 6.00. The van der Waals surface area contributed by atoms with E-state index in [4.69, 9.17) is 0 Å². The van der Waals surface area contributed by atoms with E-state index < -0.39 is 0 Å². The molecule has 1 aliphatic rings. The van der Waals surface area contributed by atoms with Crippen LogP contribution >= 0.6 is 11.3 Å². The van der Waals surface area contributed by atoms with Crippen LogP contribution in [-0.2, 0) is 22.4 Å². The molecule has 31 heavy (non-hydrogen) atoms. The van der Waals surface area contributed by atoms with Crippen LogP contribution in [0, 0.1) is 12.8 Å². The number of para-hydroxylation sites is 1. The molecule has 2 heterocycles. The molecule has 3 aromatic rings. The first-order chi connectivity index (χ1) is 15.0. The Morgan fingerprint density at radius 2 is 1.81 bits per heavy atom. The Hall–Kier alpha value is -2.99. The molecule has 2 amide bonds. The minimum Gasteiger partial charge on any atom is -0.326 e. The highest BCUT2D eigenvalue weighted by molar-refractivity contribution is 7.09. The summed E-state index contributed by atoms with van der Waals surface area (Å²) in [5, 5.41) is 6.04. The molecule has 1 atom stereocenters. The first kappa shape index (κ1) is 21.2. The van der Waals surface area contributed by atoms with Crippen LogP contribution in [0.15, 0.2) is 47.8 Å². The van der Waals surface area contributed by atoms with E-state index in [9.17, 15) is 9.59 Å². The van der Waals surface area contributed by atoms with Gasteiger partial charge in [-0.05, 0) is 43.0 Å². The van der Waals surface area contributed by atoms with Gasteiger partial charge in [-0.2, -0.15) is 0 Å². The summed E-state index contributed by atoms with van der Waals surface area (Å²) in [6.07, 6.45) is 1.95. The van der Waals surface area contributed by atoms with Crippen LogP contribution in [0.5, 0.6) is 0 Å². The van der Waals surface area contributed by atoms with E-state index in [0.717, 1.165) is 51.6 Å². The van der Waals surface area contributed by atoms with Crippen molar-refractivity contribution in [1.82, 2.24) is 4.98 Å². The lowest BCUT2D eigenvalue weighted by atomic mass is 10.0. The molecule has 1 saturated heterocycles. The minimum absolute atomic E-state index is 0.0185. The number of hydrogen-bond donors (Lipinski definition) is 1. The SMILES string of the molecule is CCc1cccc(CC)c1N1CC(C(=O)Nc2ccc(-c3csc(C)n3)cc2)CC1=O. The quantitative estimate of drug-likeness (QED) is 0.579. The van der Waals surface area contributed by atoms with Crippen molar-refractivity contribution in [2.45, 2.75) is 40.0 Å². The van der Waals surface area contributed by atoms with Crippen molar-refractivity contribution in [3.8, 4) is 11.3 Å². The molecular weight excluding hydrogens is 406 g/mol. The molecule has 1 N–H and O–H groups in total. The average Bonchev–Trinajstić information content (AvgIpc) is 3.39. The van der Waals surface area contributed by atoms with Gasteiger partial charge in [0.05, 0.1) is 16.6 Å². The van der Waals surface area contributed by atoms with Crippen LogP contribution in [0.3, 0.4) is 0 Å². The van der Waals surface area contributed by atoms with Crippen molar-refractivity contribution in [3.63, 3.8) is 0 Å². The fourth-order valence-corrected chi connectivity index (χ4v) is 4.75. The Balaban J connectivity index is 1.47. The molecule has 1 aromatic heterocycles. The van der Waals surface area contributed by atoms with E-state index in [1.165, 1.54) is 0 Å². The van der Waals surface area contributed by atoms with E-state index in [1.54, 1.807) is 11.3 Å². The van der Waals surface area contributed by atoms with E-state index in [-0.39, 0.29) is 24.2 Å². The van der Waals surface area contributed by atoms with E-state index >= 15 is 0 Å². The summed E-state index contributed by atoms with van der Waals surface area (Å²) >= 11 is 1.62. The van der Waals surface area contributed by atoms with Gasteiger partial charge in [0.1, 0.15) is 0 Å². The Labute approximate surface area is 187 Å². The molecule has 0 aliphatic carbocycles. The lowest BCUT2D eigenvalue weighted by Crippen LogP contribution is -2.29. The highest BCUT2D eigenvalue weighted by atomic mass is 32.1. The molecule has 1 fully saturated rings. The van der Waals surface area contributed by atoms with Gasteiger partial charge in [-0.1, -0.05) is 44.2 Å². The lowest BCUT2D eigenvalue weighted by molar-refractivity contribution is -0.122. The number of thiazole rings is 1. The lowest BCUT2D eigenvalue weighted by Gasteiger charge is -2.23. The number of carbonyl (C=O) groups excluding carboxylic acids is 2. The predicted octanol–water partition coefficient (Wildman–Crippen LogP) is 5.23. The van der Waals surface area contributed by atoms with Crippen molar-refractivity contribution in [1.29, 1.82) is 0 Å². The standard InChI is InChI=1S/C25H27N3O2S/c1-4-17-7-6-8-18(5-2)24(17)28-14-20(13-23(28)29)25(30)27-21-11-9-19(10-12-21)22-15-31-16(3)26-22/h6-12,15,20H,4-5,13-14H2,1-3H3,(H,27,30). The number of aromatic nitrogens is 1. The average molecular weight is 434 g/mol. The zero-order valence-electron chi connectivity index (χ0n) is 18.1. The third-order valence-corrected chi connectivity index (χ3v) is 6.57. The molecule has 1 aliphatic heterocycles. The van der Waals surface area contributed by atoms with E-state index in [1.807, 2.05) is 47.5 Å². The van der Waals surface area contributed by atoms with Crippen LogP contribution in [0.25, 0.3) is 11.3 Å². The summed E-state index contributed by atoms with van der Waals surface area (Å²) in [6, 6.07) is 13.9. The minimum atomic E-state index is -0.358. The number of rotatable bonds is 6. The fourth-order valence-electron chi connectivity index (χ4n) is 4.13. The van der Waals surface area contributed by atoms with Gasteiger partial charge in [0.25, 0.3) is 0 Å². The summed E-state index contributed by atoms with van der Waals surface area (Å²) < 4.78 is 0. The monoisotopic (exact) mass is 433 g/mol. The molecule has 0 radical (unpaired) electrons. The Kier molecular flexibility index (Phi) is 6.18. The second kappa shape index (κ2) is 9.02. The molecular formula is C25H27N3O2S. The number of benzene rings is 2. The topological polar surface area (TPSA) is 62.3 Å². The number of hydrogen-bond acceptors (Lipinski definition) is 4. The second-order valence-electron chi connectivity index (χ2n) is 7.86. The molecule has 6 heteroatoms. The zero-order valence-corrected chi connectivity index (χ0v) is 19.0. The van der Waals surface area contributed by atoms with Crippen molar-refractivity contribution in [2.75, 3.05) is 16.8 Å². The van der Waals surface area contributed by atoms with E-state index in [0.29, 0.717) is 6.54 Å². The van der Waals surface area contributed by atoms with Gasteiger partial charge in [0.2, 0.25) is 11.8 Å².